The second kappa shape index (κ2) is 9.30. The molecular weight excluding hydrogens is 454 g/mol. The number of carbonyl (C=O) groups excluding carboxylic acids is 2. The van der Waals surface area contributed by atoms with Crippen LogP contribution in [0, 0.1) is 13.8 Å². The van der Waals surface area contributed by atoms with E-state index in [1.807, 2.05) is 44.2 Å². The number of carbonyl (C=O) groups is 2. The highest BCUT2D eigenvalue weighted by Gasteiger charge is 2.35. The first-order valence-corrected chi connectivity index (χ1v) is 11.3. The Kier molecular flexibility index (Phi) is 6.43. The smallest absolute Gasteiger partial charge is 0.378 e. The molecule has 0 unspecified atom stereocenters. The lowest BCUT2D eigenvalue weighted by Crippen LogP contribution is -2.31. The largest absolute Gasteiger partial charge is 0.457 e. The van der Waals surface area contributed by atoms with Gasteiger partial charge in [0.25, 0.3) is 11.7 Å². The zero-order valence-electron chi connectivity index (χ0n) is 19.6. The summed E-state index contributed by atoms with van der Waals surface area (Å²) in [7, 11) is 0. The molecule has 2 heterocycles. The van der Waals surface area contributed by atoms with Gasteiger partial charge in [-0.1, -0.05) is 41.4 Å². The highest BCUT2D eigenvalue weighted by Crippen LogP contribution is 2.36. The molecule has 0 saturated carbocycles. The van der Waals surface area contributed by atoms with Crippen molar-refractivity contribution in [3.8, 4) is 0 Å². The van der Waals surface area contributed by atoms with E-state index in [4.69, 9.17) is 16.3 Å². The van der Waals surface area contributed by atoms with E-state index in [2.05, 4.69) is 20.7 Å². The molecule has 2 N–H and O–H groups in total. The summed E-state index contributed by atoms with van der Waals surface area (Å²) in [6.45, 7) is 9.25. The van der Waals surface area contributed by atoms with Crippen molar-refractivity contribution in [1.82, 2.24) is 14.8 Å². The minimum atomic E-state index is -0.632. The fourth-order valence-electron chi connectivity index (χ4n) is 3.90. The third-order valence-electron chi connectivity index (χ3n) is 5.44. The number of rotatable bonds is 5. The number of allylic oxidation sites excluding steroid dienone is 1. The lowest BCUT2D eigenvalue weighted by Gasteiger charge is -2.29. The van der Waals surface area contributed by atoms with Crippen LogP contribution in [0.3, 0.4) is 0 Å². The normalized spacial score (nSPS) is 15.1. The van der Waals surface area contributed by atoms with Gasteiger partial charge >= 0.3 is 5.97 Å². The van der Waals surface area contributed by atoms with Gasteiger partial charge in [-0.15, -0.1) is 5.10 Å². The summed E-state index contributed by atoms with van der Waals surface area (Å²) in [5.41, 5.74) is 4.60. The molecule has 0 bridgehead atoms. The number of hydrogen-bond donors (Lipinski definition) is 2. The van der Waals surface area contributed by atoms with E-state index >= 15 is 0 Å². The molecule has 1 atom stereocenters. The Bertz CT molecular complexity index is 1290. The van der Waals surface area contributed by atoms with E-state index in [0.29, 0.717) is 22.2 Å². The van der Waals surface area contributed by atoms with Crippen LogP contribution in [0.4, 0.5) is 11.6 Å². The first-order valence-electron chi connectivity index (χ1n) is 10.9. The predicted octanol–water partition coefficient (Wildman–Crippen LogP) is 5.04. The number of benzene rings is 2. The van der Waals surface area contributed by atoms with Gasteiger partial charge in [-0.2, -0.15) is 4.98 Å². The molecule has 9 heteroatoms. The quantitative estimate of drug-likeness (QED) is 0.497. The molecule has 1 aromatic heterocycles. The highest BCUT2D eigenvalue weighted by atomic mass is 35.5. The standard InChI is InChI=1S/C25H26ClN5O3/c1-13(2)34-24(33)22-29-25-27-16(5)20(23(32)28-19-11-6-14(3)12-15(19)4)21(31(25)30-22)17-7-9-18(26)10-8-17/h6-13,21H,1-5H3,(H,28,32)(H,27,29,30)/t21-/m0/s1. The molecule has 2 aromatic carbocycles. The number of halogens is 1. The van der Waals surface area contributed by atoms with Crippen molar-refractivity contribution in [1.29, 1.82) is 0 Å². The van der Waals surface area contributed by atoms with Gasteiger partial charge in [-0.05, 0) is 63.9 Å². The van der Waals surface area contributed by atoms with Gasteiger partial charge in [-0.25, -0.2) is 9.48 Å². The summed E-state index contributed by atoms with van der Waals surface area (Å²) in [5.74, 6) is -0.660. The van der Waals surface area contributed by atoms with Crippen molar-refractivity contribution < 1.29 is 14.3 Å². The van der Waals surface area contributed by atoms with Crippen LogP contribution in [0.5, 0.6) is 0 Å². The van der Waals surface area contributed by atoms with Crippen LogP contribution < -0.4 is 10.6 Å². The maximum Gasteiger partial charge on any atom is 0.378 e. The van der Waals surface area contributed by atoms with Gasteiger partial charge in [0.05, 0.1) is 11.7 Å². The van der Waals surface area contributed by atoms with E-state index in [1.165, 1.54) is 4.68 Å². The van der Waals surface area contributed by atoms with Gasteiger partial charge in [0.1, 0.15) is 6.04 Å². The molecule has 0 saturated heterocycles. The maximum absolute atomic E-state index is 13.6. The molecule has 1 aliphatic heterocycles. The fraction of sp³-hybridized carbons (Fsp3) is 0.280. The van der Waals surface area contributed by atoms with Crippen molar-refractivity contribution >= 4 is 35.1 Å². The van der Waals surface area contributed by atoms with Crippen LogP contribution in [0.2, 0.25) is 5.02 Å². The SMILES string of the molecule is CC1=C(C(=O)Nc2ccc(C)cc2C)[C@H](c2ccc(Cl)cc2)n2nc(C(=O)OC(C)C)nc2N1. The lowest BCUT2D eigenvalue weighted by atomic mass is 9.95. The lowest BCUT2D eigenvalue weighted by molar-refractivity contribution is -0.113. The number of fused-ring (bicyclic) bond motifs is 1. The van der Waals surface area contributed by atoms with E-state index in [0.717, 1.165) is 22.4 Å². The van der Waals surface area contributed by atoms with Gasteiger partial charge in [0.15, 0.2) is 0 Å². The number of hydrogen-bond acceptors (Lipinski definition) is 6. The van der Waals surface area contributed by atoms with Crippen molar-refractivity contribution in [3.63, 3.8) is 0 Å². The predicted molar refractivity (Wildman–Crippen MR) is 131 cm³/mol. The van der Waals surface area contributed by atoms with Crippen molar-refractivity contribution in [2.75, 3.05) is 10.6 Å². The molecule has 8 nitrogen and oxygen atoms in total. The first-order chi connectivity index (χ1) is 16.1. The number of nitrogens with one attached hydrogen (secondary N) is 2. The second-order valence-corrected chi connectivity index (χ2v) is 8.98. The number of ether oxygens (including phenoxy) is 1. The molecule has 1 aliphatic rings. The third-order valence-corrected chi connectivity index (χ3v) is 5.69. The van der Waals surface area contributed by atoms with Gasteiger partial charge in [0.2, 0.25) is 5.95 Å². The van der Waals surface area contributed by atoms with Gasteiger partial charge < -0.3 is 15.4 Å². The zero-order chi connectivity index (χ0) is 24.6. The zero-order valence-corrected chi connectivity index (χ0v) is 20.4. The molecule has 176 valence electrons. The minimum Gasteiger partial charge on any atom is -0.457 e. The minimum absolute atomic E-state index is 0.0843. The van der Waals surface area contributed by atoms with Crippen molar-refractivity contribution in [3.05, 3.63) is 81.3 Å². The number of amides is 1. The number of nitrogens with zero attached hydrogens (tertiary/aromatic N) is 3. The van der Waals surface area contributed by atoms with E-state index in [-0.39, 0.29) is 17.8 Å². The average Bonchev–Trinajstić information content (AvgIpc) is 3.18. The Balaban J connectivity index is 1.77. The summed E-state index contributed by atoms with van der Waals surface area (Å²) in [6.07, 6.45) is -0.313. The van der Waals surface area contributed by atoms with Crippen LogP contribution in [0.15, 0.2) is 53.7 Å². The molecule has 4 rings (SSSR count). The Morgan fingerprint density at radius 3 is 2.47 bits per heavy atom. The maximum atomic E-state index is 13.6. The van der Waals surface area contributed by atoms with Crippen LogP contribution in [-0.4, -0.2) is 32.7 Å². The Morgan fingerprint density at radius 1 is 1.12 bits per heavy atom. The molecule has 34 heavy (non-hydrogen) atoms. The third kappa shape index (κ3) is 4.68. The van der Waals surface area contributed by atoms with E-state index in [1.54, 1.807) is 32.9 Å². The molecule has 0 fully saturated rings. The number of aromatic nitrogens is 3. The number of esters is 1. The summed E-state index contributed by atoms with van der Waals surface area (Å²) >= 11 is 6.11. The van der Waals surface area contributed by atoms with Crippen molar-refractivity contribution in [2.45, 2.75) is 46.8 Å². The van der Waals surface area contributed by atoms with Crippen LogP contribution >= 0.6 is 11.6 Å². The highest BCUT2D eigenvalue weighted by molar-refractivity contribution is 6.30. The fourth-order valence-corrected chi connectivity index (χ4v) is 4.02. The Labute approximate surface area is 203 Å². The number of aryl methyl sites for hydroxylation is 2. The van der Waals surface area contributed by atoms with Crippen LogP contribution in [0.25, 0.3) is 0 Å². The van der Waals surface area contributed by atoms with Crippen LogP contribution in [-0.2, 0) is 9.53 Å². The molecule has 0 spiro atoms. The average molecular weight is 480 g/mol. The summed E-state index contributed by atoms with van der Waals surface area (Å²) in [6, 6.07) is 12.4. The summed E-state index contributed by atoms with van der Waals surface area (Å²) in [5, 5.41) is 11.1. The molecule has 1 amide bonds. The van der Waals surface area contributed by atoms with E-state index in [9.17, 15) is 9.59 Å². The first kappa shape index (κ1) is 23.5. The molecule has 0 aliphatic carbocycles. The van der Waals surface area contributed by atoms with Gasteiger partial charge in [-0.3, -0.25) is 4.79 Å². The Morgan fingerprint density at radius 2 is 1.82 bits per heavy atom. The van der Waals surface area contributed by atoms with Crippen molar-refractivity contribution in [2.24, 2.45) is 0 Å². The monoisotopic (exact) mass is 479 g/mol. The van der Waals surface area contributed by atoms with E-state index < -0.39 is 12.0 Å². The second-order valence-electron chi connectivity index (χ2n) is 8.55. The van der Waals surface area contributed by atoms with Crippen LogP contribution in [0.1, 0.15) is 54.1 Å². The molecule has 0 radical (unpaired) electrons. The summed E-state index contributed by atoms with van der Waals surface area (Å²) in [4.78, 5) is 30.4. The Hall–Kier alpha value is -3.65. The number of anilines is 2. The topological polar surface area (TPSA) is 98.1 Å². The molecular formula is C25H26ClN5O3. The van der Waals surface area contributed by atoms with Gasteiger partial charge in [0, 0.05) is 16.4 Å². The molecule has 3 aromatic rings. The summed E-state index contributed by atoms with van der Waals surface area (Å²) < 4.78 is 6.79.